The van der Waals surface area contributed by atoms with Gasteiger partial charge in [0.1, 0.15) is 5.75 Å². The number of methoxy groups -OCH3 is 1. The Morgan fingerprint density at radius 2 is 1.95 bits per heavy atom. The van der Waals surface area contributed by atoms with Crippen LogP contribution < -0.4 is 10.1 Å². The Morgan fingerprint density at radius 1 is 1.30 bits per heavy atom. The van der Waals surface area contributed by atoms with Gasteiger partial charge in [-0.05, 0) is 30.0 Å². The highest BCUT2D eigenvalue weighted by molar-refractivity contribution is 5.78. The average molecular weight is 279 g/mol. The zero-order chi connectivity index (χ0) is 15.0. The van der Waals surface area contributed by atoms with Crippen LogP contribution in [0.3, 0.4) is 0 Å². The number of carbonyl (C=O) groups excluding carboxylic acids is 1. The van der Waals surface area contributed by atoms with Gasteiger partial charge in [-0.1, -0.05) is 19.1 Å². The number of hydrogen-bond donors (Lipinski definition) is 2. The predicted octanol–water partition coefficient (Wildman–Crippen LogP) is 1.85. The van der Waals surface area contributed by atoms with Gasteiger partial charge in [0.2, 0.25) is 5.91 Å². The van der Waals surface area contributed by atoms with Crippen molar-refractivity contribution in [2.75, 3.05) is 13.7 Å². The van der Waals surface area contributed by atoms with E-state index in [0.717, 1.165) is 11.3 Å². The number of carboxylic acid groups (broad SMARTS) is 1. The molecule has 0 saturated carbocycles. The fraction of sp³-hybridized carbons (Fsp3) is 0.467. The monoisotopic (exact) mass is 279 g/mol. The van der Waals surface area contributed by atoms with E-state index in [1.165, 1.54) is 0 Å². The second-order valence-corrected chi connectivity index (χ2v) is 4.87. The first-order chi connectivity index (χ1) is 9.51. The fourth-order valence-corrected chi connectivity index (χ4v) is 1.75. The van der Waals surface area contributed by atoms with Gasteiger partial charge in [-0.15, -0.1) is 0 Å². The van der Waals surface area contributed by atoms with E-state index in [1.807, 2.05) is 31.2 Å². The van der Waals surface area contributed by atoms with Crippen LogP contribution in [-0.2, 0) is 16.0 Å². The summed E-state index contributed by atoms with van der Waals surface area (Å²) in [6.45, 7) is 2.43. The Balaban J connectivity index is 2.30. The molecule has 1 aromatic rings. The summed E-state index contributed by atoms with van der Waals surface area (Å²) in [5.41, 5.74) is 0.918. The first kappa shape index (κ1) is 16.0. The number of ether oxygens (including phenoxy) is 1. The molecule has 110 valence electrons. The minimum absolute atomic E-state index is 0.0580. The zero-order valence-electron chi connectivity index (χ0n) is 11.9. The SMILES string of the molecule is COc1ccc(CC(=O)NCC(C)CCC(=O)O)cc1. The van der Waals surface area contributed by atoms with E-state index >= 15 is 0 Å². The molecule has 5 nitrogen and oxygen atoms in total. The van der Waals surface area contributed by atoms with Crippen molar-refractivity contribution in [1.82, 2.24) is 5.32 Å². The van der Waals surface area contributed by atoms with E-state index in [4.69, 9.17) is 9.84 Å². The molecular weight excluding hydrogens is 258 g/mol. The first-order valence-corrected chi connectivity index (χ1v) is 6.62. The van der Waals surface area contributed by atoms with E-state index in [2.05, 4.69) is 5.32 Å². The van der Waals surface area contributed by atoms with E-state index < -0.39 is 5.97 Å². The van der Waals surface area contributed by atoms with Gasteiger partial charge in [0, 0.05) is 13.0 Å². The number of benzene rings is 1. The molecule has 20 heavy (non-hydrogen) atoms. The Kier molecular flexibility index (Phi) is 6.56. The minimum Gasteiger partial charge on any atom is -0.497 e. The zero-order valence-corrected chi connectivity index (χ0v) is 11.9. The van der Waals surface area contributed by atoms with Crippen molar-refractivity contribution in [1.29, 1.82) is 0 Å². The van der Waals surface area contributed by atoms with Crippen molar-refractivity contribution in [2.45, 2.75) is 26.2 Å². The lowest BCUT2D eigenvalue weighted by atomic mass is 10.1. The van der Waals surface area contributed by atoms with Gasteiger partial charge in [-0.3, -0.25) is 9.59 Å². The van der Waals surface area contributed by atoms with Crippen molar-refractivity contribution in [3.63, 3.8) is 0 Å². The number of nitrogens with one attached hydrogen (secondary N) is 1. The van der Waals surface area contributed by atoms with E-state index in [1.54, 1.807) is 7.11 Å². The summed E-state index contributed by atoms with van der Waals surface area (Å²) in [6.07, 6.45) is 1.02. The number of amides is 1. The smallest absolute Gasteiger partial charge is 0.303 e. The highest BCUT2D eigenvalue weighted by Crippen LogP contribution is 2.11. The number of carbonyl (C=O) groups is 2. The third-order valence-corrected chi connectivity index (χ3v) is 3.02. The van der Waals surface area contributed by atoms with E-state index in [-0.39, 0.29) is 18.2 Å². The normalized spacial score (nSPS) is 11.7. The summed E-state index contributed by atoms with van der Waals surface area (Å²) in [6, 6.07) is 7.34. The van der Waals surface area contributed by atoms with Crippen LogP contribution in [0.2, 0.25) is 0 Å². The number of carboxylic acids is 1. The highest BCUT2D eigenvalue weighted by Gasteiger charge is 2.08. The molecule has 0 saturated heterocycles. The Morgan fingerprint density at radius 3 is 2.50 bits per heavy atom. The largest absolute Gasteiger partial charge is 0.497 e. The maximum Gasteiger partial charge on any atom is 0.303 e. The molecule has 0 spiro atoms. The average Bonchev–Trinajstić information content (AvgIpc) is 2.43. The molecule has 0 heterocycles. The lowest BCUT2D eigenvalue weighted by molar-refractivity contribution is -0.137. The molecule has 0 bridgehead atoms. The molecule has 5 heteroatoms. The van der Waals surface area contributed by atoms with Gasteiger partial charge in [-0.2, -0.15) is 0 Å². The molecule has 1 aromatic carbocycles. The third-order valence-electron chi connectivity index (χ3n) is 3.02. The molecule has 1 unspecified atom stereocenters. The van der Waals surface area contributed by atoms with Crippen molar-refractivity contribution < 1.29 is 19.4 Å². The summed E-state index contributed by atoms with van der Waals surface area (Å²) in [5, 5.41) is 11.4. The Bertz CT molecular complexity index is 442. The summed E-state index contributed by atoms with van der Waals surface area (Å²) < 4.78 is 5.05. The maximum absolute atomic E-state index is 11.8. The van der Waals surface area contributed by atoms with Gasteiger partial charge in [0.25, 0.3) is 0 Å². The van der Waals surface area contributed by atoms with Crippen molar-refractivity contribution >= 4 is 11.9 Å². The molecule has 0 aliphatic carbocycles. The summed E-state index contributed by atoms with van der Waals surface area (Å²) in [7, 11) is 1.60. The van der Waals surface area contributed by atoms with Crippen molar-refractivity contribution in [3.8, 4) is 5.75 Å². The van der Waals surface area contributed by atoms with Gasteiger partial charge < -0.3 is 15.2 Å². The molecule has 0 aromatic heterocycles. The molecular formula is C15H21NO4. The highest BCUT2D eigenvalue weighted by atomic mass is 16.5. The number of hydrogen-bond acceptors (Lipinski definition) is 3. The van der Waals surface area contributed by atoms with Crippen LogP contribution in [0, 0.1) is 5.92 Å². The topological polar surface area (TPSA) is 75.6 Å². The quantitative estimate of drug-likeness (QED) is 0.761. The second-order valence-electron chi connectivity index (χ2n) is 4.87. The number of rotatable bonds is 8. The van der Waals surface area contributed by atoms with Crippen LogP contribution in [0.1, 0.15) is 25.3 Å². The van der Waals surface area contributed by atoms with Gasteiger partial charge >= 0.3 is 5.97 Å². The number of aliphatic carboxylic acids is 1. The lowest BCUT2D eigenvalue weighted by Gasteiger charge is -2.11. The minimum atomic E-state index is -0.804. The Hall–Kier alpha value is -2.04. The van der Waals surface area contributed by atoms with Crippen LogP contribution in [0.4, 0.5) is 0 Å². The summed E-state index contributed by atoms with van der Waals surface area (Å²) in [4.78, 5) is 22.2. The van der Waals surface area contributed by atoms with Gasteiger partial charge in [-0.25, -0.2) is 0 Å². The standard InChI is InChI=1S/C15H21NO4/c1-11(3-8-15(18)19)10-16-14(17)9-12-4-6-13(20-2)7-5-12/h4-7,11H,3,8-10H2,1-2H3,(H,16,17)(H,18,19). The van der Waals surface area contributed by atoms with Gasteiger partial charge in [0.15, 0.2) is 0 Å². The van der Waals surface area contributed by atoms with E-state index in [9.17, 15) is 9.59 Å². The third kappa shape index (κ3) is 6.22. The molecule has 1 atom stereocenters. The van der Waals surface area contributed by atoms with Crippen LogP contribution in [-0.4, -0.2) is 30.6 Å². The van der Waals surface area contributed by atoms with Crippen molar-refractivity contribution in [2.24, 2.45) is 5.92 Å². The Labute approximate surface area is 118 Å². The predicted molar refractivity (Wildman–Crippen MR) is 75.7 cm³/mol. The molecule has 0 radical (unpaired) electrons. The summed E-state index contributed by atoms with van der Waals surface area (Å²) in [5.74, 6) is 0.0566. The molecule has 2 N–H and O–H groups in total. The fourth-order valence-electron chi connectivity index (χ4n) is 1.75. The van der Waals surface area contributed by atoms with Gasteiger partial charge in [0.05, 0.1) is 13.5 Å². The van der Waals surface area contributed by atoms with E-state index in [0.29, 0.717) is 19.4 Å². The molecule has 0 aliphatic heterocycles. The van der Waals surface area contributed by atoms with Crippen LogP contribution in [0.25, 0.3) is 0 Å². The molecule has 0 aliphatic rings. The first-order valence-electron chi connectivity index (χ1n) is 6.62. The summed E-state index contributed by atoms with van der Waals surface area (Å²) >= 11 is 0. The molecule has 0 fully saturated rings. The lowest BCUT2D eigenvalue weighted by Crippen LogP contribution is -2.29. The van der Waals surface area contributed by atoms with Crippen LogP contribution in [0.5, 0.6) is 5.75 Å². The molecule has 1 rings (SSSR count). The van der Waals surface area contributed by atoms with Crippen molar-refractivity contribution in [3.05, 3.63) is 29.8 Å². The van der Waals surface area contributed by atoms with Crippen LogP contribution in [0.15, 0.2) is 24.3 Å². The second kappa shape index (κ2) is 8.19. The maximum atomic E-state index is 11.8. The molecule has 1 amide bonds. The van der Waals surface area contributed by atoms with Crippen LogP contribution >= 0.6 is 0 Å².